The summed E-state index contributed by atoms with van der Waals surface area (Å²) in [7, 11) is 8.62. The lowest BCUT2D eigenvalue weighted by molar-refractivity contribution is 0.234. The average Bonchev–Trinajstić information content (AvgIpc) is 2.54. The van der Waals surface area contributed by atoms with Crippen molar-refractivity contribution in [3.8, 4) is 0 Å². The summed E-state index contributed by atoms with van der Waals surface area (Å²) in [6.07, 6.45) is 2.44. The van der Waals surface area contributed by atoms with E-state index in [-0.39, 0.29) is 0 Å². The van der Waals surface area contributed by atoms with Crippen LogP contribution in [-0.2, 0) is 6.54 Å². The van der Waals surface area contributed by atoms with Crippen LogP contribution >= 0.6 is 0 Å². The summed E-state index contributed by atoms with van der Waals surface area (Å²) in [4.78, 5) is 7.17. The van der Waals surface area contributed by atoms with Gasteiger partial charge in [0.05, 0.1) is 0 Å². The Morgan fingerprint density at radius 1 is 0.667 bits per heavy atom. The van der Waals surface area contributed by atoms with E-state index < -0.39 is 0 Å². The maximum Gasteiger partial charge on any atom is 0.0239 e. The highest BCUT2D eigenvalue weighted by molar-refractivity contribution is 5.85. The molecule has 2 aromatic rings. The van der Waals surface area contributed by atoms with Crippen molar-refractivity contribution in [2.75, 3.05) is 54.4 Å². The topological polar surface area (TPSA) is 9.72 Å². The van der Waals surface area contributed by atoms with Crippen LogP contribution in [0.2, 0.25) is 0 Å². The highest BCUT2D eigenvalue weighted by atomic mass is 15.1. The molecular weight excluding hydrogens is 294 g/mol. The first kappa shape index (κ1) is 18.9. The largest absolute Gasteiger partial charge is 0.309 e. The molecule has 0 saturated heterocycles. The van der Waals surface area contributed by atoms with E-state index in [1.807, 2.05) is 0 Å². The lowest BCUT2D eigenvalue weighted by atomic mass is 10.0. The van der Waals surface area contributed by atoms with Gasteiger partial charge in [-0.2, -0.15) is 0 Å². The van der Waals surface area contributed by atoms with Crippen molar-refractivity contribution in [3.63, 3.8) is 0 Å². The minimum atomic E-state index is 1.04. The maximum absolute atomic E-state index is 2.62. The Hall–Kier alpha value is -1.42. The lowest BCUT2D eigenvalue weighted by Crippen LogP contribution is -2.30. The Kier molecular flexibility index (Phi) is 7.70. The van der Waals surface area contributed by atoms with Gasteiger partial charge in [-0.25, -0.2) is 0 Å². The second-order valence-electron chi connectivity index (χ2n) is 7.23. The minimum absolute atomic E-state index is 1.04. The molecule has 0 aliphatic heterocycles. The van der Waals surface area contributed by atoms with Crippen LogP contribution < -0.4 is 0 Å². The van der Waals surface area contributed by atoms with Crippen molar-refractivity contribution in [1.29, 1.82) is 0 Å². The summed E-state index contributed by atoms with van der Waals surface area (Å²) >= 11 is 0. The monoisotopic (exact) mass is 327 g/mol. The third kappa shape index (κ3) is 6.23. The molecule has 2 rings (SSSR count). The Bertz CT molecular complexity index is 588. The number of hydrogen-bond donors (Lipinski definition) is 0. The second-order valence-corrected chi connectivity index (χ2v) is 7.23. The quantitative estimate of drug-likeness (QED) is 0.661. The van der Waals surface area contributed by atoms with Gasteiger partial charge < -0.3 is 9.80 Å². The molecule has 0 saturated carbocycles. The zero-order valence-corrected chi connectivity index (χ0v) is 15.8. The maximum atomic E-state index is 2.62. The van der Waals surface area contributed by atoms with Gasteiger partial charge in [0.15, 0.2) is 0 Å². The van der Waals surface area contributed by atoms with Crippen LogP contribution in [0.3, 0.4) is 0 Å². The normalized spacial score (nSPS) is 12.0. The third-order valence-electron chi connectivity index (χ3n) is 4.43. The fourth-order valence-corrected chi connectivity index (χ4v) is 3.16. The molecule has 0 N–H and O–H groups in total. The van der Waals surface area contributed by atoms with E-state index in [1.54, 1.807) is 0 Å². The molecule has 3 nitrogen and oxygen atoms in total. The number of hydrogen-bond acceptors (Lipinski definition) is 3. The molecule has 0 amide bonds. The lowest BCUT2D eigenvalue weighted by Gasteiger charge is -2.24. The summed E-state index contributed by atoms with van der Waals surface area (Å²) in [5.41, 5.74) is 1.45. The molecule has 0 heterocycles. The van der Waals surface area contributed by atoms with Crippen LogP contribution in [0.5, 0.6) is 0 Å². The highest BCUT2D eigenvalue weighted by Crippen LogP contribution is 2.20. The van der Waals surface area contributed by atoms with E-state index in [9.17, 15) is 0 Å². The number of benzene rings is 2. The second kappa shape index (κ2) is 9.77. The Morgan fingerprint density at radius 2 is 1.25 bits per heavy atom. The molecular formula is C21H33N3. The van der Waals surface area contributed by atoms with Crippen molar-refractivity contribution < 1.29 is 0 Å². The molecule has 0 aliphatic carbocycles. The highest BCUT2D eigenvalue weighted by Gasteiger charge is 2.09. The van der Waals surface area contributed by atoms with Gasteiger partial charge in [0.2, 0.25) is 0 Å². The molecule has 0 bridgehead atoms. The standard InChI is InChI=1S/C21H33N3/c1-22(2)14-8-16-24(17-9-15-23(3)4)18-20-12-7-11-19-10-5-6-13-21(19)20/h5-7,10-13H,8-9,14-18H2,1-4H3. The van der Waals surface area contributed by atoms with Crippen LogP contribution in [0, 0.1) is 0 Å². The summed E-state index contributed by atoms with van der Waals surface area (Å²) < 4.78 is 0. The molecule has 3 heteroatoms. The van der Waals surface area contributed by atoms with E-state index in [0.717, 1.165) is 32.7 Å². The zero-order chi connectivity index (χ0) is 17.4. The van der Waals surface area contributed by atoms with Gasteiger partial charge in [0.1, 0.15) is 0 Å². The van der Waals surface area contributed by atoms with E-state index in [4.69, 9.17) is 0 Å². The average molecular weight is 328 g/mol. The van der Waals surface area contributed by atoms with Crippen molar-refractivity contribution in [3.05, 3.63) is 48.0 Å². The zero-order valence-electron chi connectivity index (χ0n) is 15.8. The molecule has 132 valence electrons. The van der Waals surface area contributed by atoms with Crippen LogP contribution in [-0.4, -0.2) is 69.1 Å². The van der Waals surface area contributed by atoms with E-state index in [0.29, 0.717) is 0 Å². The van der Waals surface area contributed by atoms with Crippen molar-refractivity contribution in [2.24, 2.45) is 0 Å². The van der Waals surface area contributed by atoms with E-state index >= 15 is 0 Å². The fourth-order valence-electron chi connectivity index (χ4n) is 3.16. The molecule has 0 fully saturated rings. The first-order valence-corrected chi connectivity index (χ1v) is 9.04. The predicted molar refractivity (Wildman–Crippen MR) is 106 cm³/mol. The molecule has 0 spiro atoms. The molecule has 0 unspecified atom stereocenters. The van der Waals surface area contributed by atoms with E-state index in [1.165, 1.54) is 29.2 Å². The molecule has 0 atom stereocenters. The first-order chi connectivity index (χ1) is 11.6. The van der Waals surface area contributed by atoms with Gasteiger partial charge in [-0.1, -0.05) is 42.5 Å². The number of nitrogens with zero attached hydrogens (tertiary/aromatic N) is 3. The molecule has 24 heavy (non-hydrogen) atoms. The molecule has 0 radical (unpaired) electrons. The van der Waals surface area contributed by atoms with Crippen LogP contribution in [0.1, 0.15) is 18.4 Å². The van der Waals surface area contributed by atoms with E-state index in [2.05, 4.69) is 85.4 Å². The molecule has 0 aromatic heterocycles. The SMILES string of the molecule is CN(C)CCCN(CCCN(C)C)Cc1cccc2ccccc12. The van der Waals surface area contributed by atoms with Crippen molar-refractivity contribution >= 4 is 10.8 Å². The Balaban J connectivity index is 2.04. The predicted octanol–water partition coefficient (Wildman–Crippen LogP) is 3.55. The number of rotatable bonds is 10. The van der Waals surface area contributed by atoms with Gasteiger partial charge in [0, 0.05) is 6.54 Å². The smallest absolute Gasteiger partial charge is 0.0239 e. The van der Waals surface area contributed by atoms with Gasteiger partial charge in [-0.3, -0.25) is 4.90 Å². The van der Waals surface area contributed by atoms with Gasteiger partial charge >= 0.3 is 0 Å². The van der Waals surface area contributed by atoms with Gasteiger partial charge in [-0.15, -0.1) is 0 Å². The Labute approximate surface area is 147 Å². The minimum Gasteiger partial charge on any atom is -0.309 e. The summed E-state index contributed by atoms with van der Waals surface area (Å²) in [6, 6.07) is 15.4. The molecule has 2 aromatic carbocycles. The van der Waals surface area contributed by atoms with Crippen LogP contribution in [0.25, 0.3) is 10.8 Å². The van der Waals surface area contributed by atoms with Gasteiger partial charge in [-0.05, 0) is 83.5 Å². The van der Waals surface area contributed by atoms with Crippen molar-refractivity contribution in [1.82, 2.24) is 14.7 Å². The summed E-state index contributed by atoms with van der Waals surface area (Å²) in [6.45, 7) is 5.67. The fraction of sp³-hybridized carbons (Fsp3) is 0.524. The number of fused-ring (bicyclic) bond motifs is 1. The van der Waals surface area contributed by atoms with Crippen LogP contribution in [0.15, 0.2) is 42.5 Å². The summed E-state index contributed by atoms with van der Waals surface area (Å²) in [5.74, 6) is 0. The van der Waals surface area contributed by atoms with Gasteiger partial charge in [0.25, 0.3) is 0 Å². The Morgan fingerprint density at radius 3 is 1.88 bits per heavy atom. The third-order valence-corrected chi connectivity index (χ3v) is 4.43. The first-order valence-electron chi connectivity index (χ1n) is 9.04. The van der Waals surface area contributed by atoms with Crippen LogP contribution in [0.4, 0.5) is 0 Å². The molecule has 0 aliphatic rings. The summed E-state index contributed by atoms with van der Waals surface area (Å²) in [5, 5.41) is 2.74. The van der Waals surface area contributed by atoms with Crippen molar-refractivity contribution in [2.45, 2.75) is 19.4 Å².